The number of benzene rings is 3. The third-order valence-corrected chi connectivity index (χ3v) is 10.7. The third kappa shape index (κ3) is 4.27. The highest BCUT2D eigenvalue weighted by molar-refractivity contribution is 7.89. The summed E-state index contributed by atoms with van der Waals surface area (Å²) in [7, 11) is -5.87. The predicted octanol–water partition coefficient (Wildman–Crippen LogP) is 4.48. The molecule has 0 saturated carbocycles. The zero-order valence-corrected chi connectivity index (χ0v) is 18.6. The molecule has 1 atom stereocenters. The van der Waals surface area contributed by atoms with E-state index in [0.717, 1.165) is 16.7 Å². The molecule has 0 heterocycles. The van der Waals surface area contributed by atoms with Gasteiger partial charge in [0.1, 0.15) is 8.07 Å². The van der Waals surface area contributed by atoms with Crippen LogP contribution in [0.3, 0.4) is 0 Å². The van der Waals surface area contributed by atoms with Crippen molar-refractivity contribution in [3.05, 3.63) is 95.6 Å². The molecule has 0 amide bonds. The molecule has 3 aromatic carbocycles. The van der Waals surface area contributed by atoms with E-state index in [2.05, 4.69) is 29.9 Å². The number of sulfonamides is 1. The fourth-order valence-electron chi connectivity index (χ4n) is 3.49. The van der Waals surface area contributed by atoms with Gasteiger partial charge in [-0.1, -0.05) is 90.6 Å². The minimum atomic E-state index is -3.65. The van der Waals surface area contributed by atoms with Gasteiger partial charge in [0, 0.05) is 5.67 Å². The zero-order chi connectivity index (χ0) is 20.4. The first-order chi connectivity index (χ1) is 13.2. The van der Waals surface area contributed by atoms with Crippen LogP contribution in [0.25, 0.3) is 0 Å². The van der Waals surface area contributed by atoms with Crippen molar-refractivity contribution in [2.45, 2.75) is 37.5 Å². The first-order valence-corrected chi connectivity index (χ1v) is 14.0. The summed E-state index contributed by atoms with van der Waals surface area (Å²) in [5.41, 5.74) is 2.89. The lowest BCUT2D eigenvalue weighted by Crippen LogP contribution is -2.54. The molecule has 0 bridgehead atoms. The molecular weight excluding hydrogens is 382 g/mol. The van der Waals surface area contributed by atoms with E-state index in [-0.39, 0.29) is 5.67 Å². The predicted molar refractivity (Wildman–Crippen MR) is 119 cm³/mol. The van der Waals surface area contributed by atoms with Crippen LogP contribution in [-0.2, 0) is 10.0 Å². The summed E-state index contributed by atoms with van der Waals surface area (Å²) in [5.74, 6) is 0. The molecule has 1 N–H and O–H groups in total. The van der Waals surface area contributed by atoms with E-state index in [1.807, 2.05) is 68.4 Å². The molecule has 0 aliphatic rings. The van der Waals surface area contributed by atoms with E-state index < -0.39 is 18.1 Å². The highest BCUT2D eigenvalue weighted by Gasteiger charge is 2.38. The van der Waals surface area contributed by atoms with Gasteiger partial charge in [-0.3, -0.25) is 0 Å². The van der Waals surface area contributed by atoms with Crippen LogP contribution < -0.4 is 9.91 Å². The van der Waals surface area contributed by atoms with Crippen molar-refractivity contribution >= 4 is 23.3 Å². The summed E-state index contributed by atoms with van der Waals surface area (Å²) >= 11 is 0. The van der Waals surface area contributed by atoms with Gasteiger partial charge < -0.3 is 0 Å². The van der Waals surface area contributed by atoms with Crippen LogP contribution in [0.5, 0.6) is 0 Å². The van der Waals surface area contributed by atoms with Crippen LogP contribution in [0.4, 0.5) is 0 Å². The van der Waals surface area contributed by atoms with E-state index >= 15 is 0 Å². The summed E-state index contributed by atoms with van der Waals surface area (Å²) in [6, 6.07) is 25.3. The second-order valence-electron chi connectivity index (χ2n) is 7.81. The van der Waals surface area contributed by atoms with Crippen LogP contribution >= 0.6 is 0 Å². The van der Waals surface area contributed by atoms with Gasteiger partial charge in [0.25, 0.3) is 0 Å². The summed E-state index contributed by atoms with van der Waals surface area (Å²) in [6.45, 7) is 8.43. The molecule has 146 valence electrons. The number of nitrogens with one attached hydrogen (secondary N) is 1. The van der Waals surface area contributed by atoms with Gasteiger partial charge in [-0.15, -0.1) is 0 Å². The van der Waals surface area contributed by atoms with Crippen LogP contribution in [0.2, 0.25) is 13.1 Å². The summed E-state index contributed by atoms with van der Waals surface area (Å²) in [4.78, 5) is 0.301. The van der Waals surface area contributed by atoms with Crippen molar-refractivity contribution in [1.82, 2.24) is 4.72 Å². The lowest BCUT2D eigenvalue weighted by molar-refractivity contribution is 0.577. The molecule has 0 fully saturated rings. The molecule has 0 saturated heterocycles. The van der Waals surface area contributed by atoms with Crippen molar-refractivity contribution in [3.63, 3.8) is 0 Å². The van der Waals surface area contributed by atoms with Crippen LogP contribution in [-0.4, -0.2) is 16.5 Å². The topological polar surface area (TPSA) is 46.2 Å². The van der Waals surface area contributed by atoms with Crippen LogP contribution in [0, 0.1) is 13.8 Å². The highest BCUT2D eigenvalue weighted by atomic mass is 32.2. The van der Waals surface area contributed by atoms with Gasteiger partial charge in [0.15, 0.2) is 0 Å². The third-order valence-electron chi connectivity index (χ3n) is 5.34. The van der Waals surface area contributed by atoms with Gasteiger partial charge in [0.2, 0.25) is 10.0 Å². The number of hydrogen-bond acceptors (Lipinski definition) is 2. The van der Waals surface area contributed by atoms with Crippen molar-refractivity contribution in [2.75, 3.05) is 0 Å². The SMILES string of the molecule is Cc1ccc(S(=O)(=O)N[C@@H](c2ccccc2C)[Si](C)(C)c2ccccc2)cc1. The molecule has 0 radical (unpaired) electrons. The molecule has 0 unspecified atom stereocenters. The molecule has 5 heteroatoms. The summed E-state index contributed by atoms with van der Waals surface area (Å²) in [6.07, 6.45) is 0. The fourth-order valence-corrected chi connectivity index (χ4v) is 8.68. The van der Waals surface area contributed by atoms with Crippen molar-refractivity contribution < 1.29 is 8.42 Å². The number of rotatable bonds is 6. The Morgan fingerprint density at radius 3 is 1.96 bits per heavy atom. The Balaban J connectivity index is 2.09. The molecular formula is C23H27NO2SSi. The average Bonchev–Trinajstić information content (AvgIpc) is 2.68. The molecule has 3 aromatic rings. The molecule has 28 heavy (non-hydrogen) atoms. The minimum Gasteiger partial charge on any atom is -0.207 e. The second-order valence-corrected chi connectivity index (χ2v) is 14.1. The molecule has 0 aliphatic heterocycles. The molecule has 0 aliphatic carbocycles. The zero-order valence-electron chi connectivity index (χ0n) is 16.8. The highest BCUT2D eigenvalue weighted by Crippen LogP contribution is 2.29. The quantitative estimate of drug-likeness (QED) is 0.610. The Kier molecular flexibility index (Phi) is 5.89. The summed E-state index contributed by atoms with van der Waals surface area (Å²) in [5, 5.41) is 1.22. The van der Waals surface area contributed by atoms with Crippen molar-refractivity contribution in [2.24, 2.45) is 0 Å². The molecule has 0 spiro atoms. The minimum absolute atomic E-state index is 0.276. The van der Waals surface area contributed by atoms with Gasteiger partial charge in [0.05, 0.1) is 4.90 Å². The van der Waals surface area contributed by atoms with Gasteiger partial charge in [-0.2, -0.15) is 0 Å². The van der Waals surface area contributed by atoms with Crippen LogP contribution in [0.15, 0.2) is 83.8 Å². The Morgan fingerprint density at radius 1 is 0.786 bits per heavy atom. The first-order valence-electron chi connectivity index (χ1n) is 9.42. The molecule has 0 aromatic heterocycles. The lowest BCUT2D eigenvalue weighted by Gasteiger charge is -2.34. The molecule has 3 rings (SSSR count). The summed E-state index contributed by atoms with van der Waals surface area (Å²) < 4.78 is 29.5. The van der Waals surface area contributed by atoms with Crippen molar-refractivity contribution in [3.8, 4) is 0 Å². The van der Waals surface area contributed by atoms with Crippen molar-refractivity contribution in [1.29, 1.82) is 0 Å². The van der Waals surface area contributed by atoms with E-state index in [1.54, 1.807) is 12.1 Å². The monoisotopic (exact) mass is 409 g/mol. The normalized spacial score (nSPS) is 13.3. The maximum absolute atomic E-state index is 13.2. The number of aryl methyl sites for hydroxylation is 2. The smallest absolute Gasteiger partial charge is 0.207 e. The molecule has 3 nitrogen and oxygen atoms in total. The Hall–Kier alpha value is -2.21. The maximum Gasteiger partial charge on any atom is 0.240 e. The first kappa shape index (κ1) is 20.5. The van der Waals surface area contributed by atoms with Gasteiger partial charge >= 0.3 is 0 Å². The average molecular weight is 410 g/mol. The maximum atomic E-state index is 13.2. The van der Waals surface area contributed by atoms with Gasteiger partial charge in [-0.05, 0) is 37.1 Å². The Bertz CT molecular complexity index is 1050. The van der Waals surface area contributed by atoms with E-state index in [1.165, 1.54) is 5.19 Å². The van der Waals surface area contributed by atoms with E-state index in [9.17, 15) is 8.42 Å². The second kappa shape index (κ2) is 8.03. The number of hydrogen-bond donors (Lipinski definition) is 1. The standard InChI is InChI=1S/C23H27NO2SSi/c1-18-14-16-20(17-15-18)27(25,26)24-23(22-13-9-8-10-19(22)2)28(3,4)21-11-6-5-7-12-21/h5-17,23-24H,1-4H3/t23-/m1/s1. The lowest BCUT2D eigenvalue weighted by atomic mass is 10.1. The van der Waals surface area contributed by atoms with Crippen LogP contribution in [0.1, 0.15) is 22.4 Å². The van der Waals surface area contributed by atoms with Gasteiger partial charge in [-0.25, -0.2) is 13.1 Å². The van der Waals surface area contributed by atoms with E-state index in [0.29, 0.717) is 4.90 Å². The Morgan fingerprint density at radius 2 is 1.36 bits per heavy atom. The largest absolute Gasteiger partial charge is 0.240 e. The Labute approximate surface area is 169 Å². The van der Waals surface area contributed by atoms with E-state index in [4.69, 9.17) is 0 Å². The fraction of sp³-hybridized carbons (Fsp3) is 0.217.